The molecule has 11 unspecified atom stereocenters. The molecule has 21 nitrogen and oxygen atoms in total. The van der Waals surface area contributed by atoms with Crippen molar-refractivity contribution < 1.29 is 104 Å². The third kappa shape index (κ3) is 8.77. The van der Waals surface area contributed by atoms with Crippen LogP contribution in [0, 0.1) is 45.3 Å². The highest BCUT2D eigenvalue weighted by Crippen LogP contribution is 2.80. The Morgan fingerprint density at radius 1 is 0.644 bits per heavy atom. The van der Waals surface area contributed by atoms with E-state index in [9.17, 15) is 56.2 Å². The van der Waals surface area contributed by atoms with E-state index in [0.29, 0.717) is 25.4 Å². The van der Waals surface area contributed by atoms with Crippen molar-refractivity contribution in [2.45, 2.75) is 241 Å². The number of aliphatic hydroxyl groups excluding tert-OH is 10. The Morgan fingerprint density at radius 3 is 2.03 bits per heavy atom. The predicted molar refractivity (Wildman–Crippen MR) is 250 cm³/mol. The highest BCUT2D eigenvalue weighted by Gasteiger charge is 2.81. The standard InChI is InChI=1S/C52H84O21/c1-22(2)15-24-16-50(8,63)42-25-9-10-30-48(6)13-12-31(47(4,5)29(48)11-14-49(30,7)51(25)20-52(42,73-24)66-21-51)69-45-41(72-44-38(62)35(59)32(56)23(3)67-44)39(27(55)19-65-45)70-46-40(36(60)34(58)28(17-53)68-46)71-43-37(61)33(57)26(54)18-64-43/h15,23-46,53-63H,9-14,16-21H2,1-8H3/t23-,24?,25?,26-,27-,28-,29?,30?,31?,32-,33-,34-,35-,36-,37-,38-,39-,40-,41-,42?,43+,44+,45+,46+,48?,49?,50?,51?,52?/m1/s1. The van der Waals surface area contributed by atoms with Crippen LogP contribution < -0.4 is 0 Å². The van der Waals surface area contributed by atoms with Gasteiger partial charge in [0.05, 0.1) is 50.3 Å². The normalized spacial score (nSPS) is 57.5. The molecule has 0 aromatic heterocycles. The second kappa shape index (κ2) is 19.6. The monoisotopic (exact) mass is 1040 g/mol. The van der Waals surface area contributed by atoms with Crippen LogP contribution in [0.5, 0.6) is 0 Å². The molecule has 11 N–H and O–H groups in total. The third-order valence-electron chi connectivity index (χ3n) is 20.4. The Labute approximate surface area is 426 Å². The molecular formula is C52H84O21. The van der Waals surface area contributed by atoms with E-state index in [4.69, 9.17) is 47.4 Å². The molecule has 0 aromatic carbocycles. The molecule has 6 saturated heterocycles. The zero-order valence-electron chi connectivity index (χ0n) is 43.4. The van der Waals surface area contributed by atoms with Crippen molar-refractivity contribution in [1.29, 1.82) is 0 Å². The minimum absolute atomic E-state index is 0.108. The Kier molecular flexibility index (Phi) is 14.8. The summed E-state index contributed by atoms with van der Waals surface area (Å²) in [5.41, 5.74) is -0.717. The van der Waals surface area contributed by atoms with E-state index in [2.05, 4.69) is 47.6 Å². The molecule has 73 heavy (non-hydrogen) atoms. The van der Waals surface area contributed by atoms with E-state index in [1.165, 1.54) is 6.92 Å². The lowest BCUT2D eigenvalue weighted by molar-refractivity contribution is -0.399. The van der Waals surface area contributed by atoms with Crippen molar-refractivity contribution in [2.75, 3.05) is 26.4 Å². The van der Waals surface area contributed by atoms with Gasteiger partial charge in [-0.3, -0.25) is 0 Å². The third-order valence-corrected chi connectivity index (χ3v) is 20.4. The van der Waals surface area contributed by atoms with Gasteiger partial charge < -0.3 is 104 Å². The number of fused-ring (bicyclic) bond motifs is 4. The molecule has 0 aromatic rings. The minimum atomic E-state index is -1.87. The summed E-state index contributed by atoms with van der Waals surface area (Å²) < 4.78 is 63.4. The molecule has 2 bridgehead atoms. The lowest BCUT2D eigenvalue weighted by Gasteiger charge is -2.70. The molecule has 10 aliphatic rings. The van der Waals surface area contributed by atoms with Crippen LogP contribution in [-0.2, 0) is 47.4 Å². The first-order valence-corrected chi connectivity index (χ1v) is 26.8. The molecule has 6 heterocycles. The Balaban J connectivity index is 0.919. The molecule has 418 valence electrons. The van der Waals surface area contributed by atoms with Crippen molar-refractivity contribution in [3.05, 3.63) is 11.6 Å². The number of rotatable bonds is 10. The smallest absolute Gasteiger partial charge is 0.187 e. The topological polar surface area (TPSA) is 315 Å². The highest BCUT2D eigenvalue weighted by atomic mass is 16.8. The average Bonchev–Trinajstić information content (AvgIpc) is 3.85. The zero-order valence-corrected chi connectivity index (χ0v) is 43.4. The molecule has 4 saturated carbocycles. The maximum atomic E-state index is 12.3. The van der Waals surface area contributed by atoms with Gasteiger partial charge in [0, 0.05) is 24.2 Å². The molecule has 2 spiro atoms. The fourth-order valence-corrected chi connectivity index (χ4v) is 16.9. The zero-order chi connectivity index (χ0) is 52.7. The van der Waals surface area contributed by atoms with E-state index in [1.54, 1.807) is 0 Å². The average molecular weight is 1050 g/mol. The second-order valence-electron chi connectivity index (χ2n) is 25.3. The quantitative estimate of drug-likeness (QED) is 0.0967. The van der Waals surface area contributed by atoms with Crippen LogP contribution in [0.25, 0.3) is 0 Å². The summed E-state index contributed by atoms with van der Waals surface area (Å²) in [4.78, 5) is 0. The molecule has 6 aliphatic heterocycles. The fourth-order valence-electron chi connectivity index (χ4n) is 16.9. The summed E-state index contributed by atoms with van der Waals surface area (Å²) in [7, 11) is 0. The van der Waals surface area contributed by atoms with Gasteiger partial charge in [-0.2, -0.15) is 0 Å². The van der Waals surface area contributed by atoms with E-state index >= 15 is 0 Å². The first-order chi connectivity index (χ1) is 34.2. The van der Waals surface area contributed by atoms with Crippen LogP contribution in [-0.4, -0.2) is 217 Å². The van der Waals surface area contributed by atoms with Gasteiger partial charge >= 0.3 is 0 Å². The van der Waals surface area contributed by atoms with Gasteiger partial charge in [-0.15, -0.1) is 0 Å². The molecule has 4 aliphatic carbocycles. The number of allylic oxidation sites excluding steroid dienone is 1. The van der Waals surface area contributed by atoms with Crippen molar-refractivity contribution in [2.24, 2.45) is 45.3 Å². The summed E-state index contributed by atoms with van der Waals surface area (Å²) in [6.07, 6.45) is -20.8. The lowest BCUT2D eigenvalue weighted by Crippen LogP contribution is -2.68. The highest BCUT2D eigenvalue weighted by molar-refractivity contribution is 5.27. The van der Waals surface area contributed by atoms with Gasteiger partial charge in [0.15, 0.2) is 30.9 Å². The van der Waals surface area contributed by atoms with E-state index in [0.717, 1.165) is 44.1 Å². The number of ether oxygens (including phenoxy) is 10. The van der Waals surface area contributed by atoms with E-state index < -0.39 is 147 Å². The van der Waals surface area contributed by atoms with Crippen LogP contribution in [0.3, 0.4) is 0 Å². The van der Waals surface area contributed by atoms with Crippen LogP contribution >= 0.6 is 0 Å². The molecule has 29 atom stereocenters. The maximum absolute atomic E-state index is 12.3. The first-order valence-electron chi connectivity index (χ1n) is 26.8. The fraction of sp³-hybridized carbons (Fsp3) is 0.962. The van der Waals surface area contributed by atoms with E-state index in [1.807, 2.05) is 6.92 Å². The first kappa shape index (κ1) is 55.2. The molecule has 0 radical (unpaired) electrons. The van der Waals surface area contributed by atoms with Crippen LogP contribution in [0.2, 0.25) is 0 Å². The Morgan fingerprint density at radius 2 is 1.32 bits per heavy atom. The van der Waals surface area contributed by atoms with Crippen molar-refractivity contribution in [3.8, 4) is 0 Å². The summed E-state index contributed by atoms with van der Waals surface area (Å²) >= 11 is 0. The molecular weight excluding hydrogens is 961 g/mol. The second-order valence-corrected chi connectivity index (χ2v) is 25.3. The van der Waals surface area contributed by atoms with Crippen LogP contribution in [0.4, 0.5) is 0 Å². The summed E-state index contributed by atoms with van der Waals surface area (Å²) in [6.45, 7) is 15.9. The van der Waals surface area contributed by atoms with Crippen LogP contribution in [0.15, 0.2) is 11.6 Å². The van der Waals surface area contributed by atoms with Gasteiger partial charge in [-0.05, 0) is 100 Å². The maximum Gasteiger partial charge on any atom is 0.187 e. The SMILES string of the molecule is CC(C)=CC1CC(C)(O)C2C3CCC4C5(C)CCC(O[C@@H]6OC[C@@H](O)[C@@H](O[C@@H]7O[C@H](CO)[C@@H](O)[C@@H](O)[C@H]7O[C@@H]7OC[C@@H](O)[C@@H](O)[C@H]7O)[C@H]6O[C@@H]6O[C@H](C)[C@@H](O)[C@@H](O)[C@H]6O)C(C)(C)C5CCC4(C)C34COC2(C4)O1. The van der Waals surface area contributed by atoms with Gasteiger partial charge in [-0.25, -0.2) is 0 Å². The van der Waals surface area contributed by atoms with Crippen molar-refractivity contribution in [3.63, 3.8) is 0 Å². The number of hydrogen-bond acceptors (Lipinski definition) is 21. The summed E-state index contributed by atoms with van der Waals surface area (Å²) in [5, 5.41) is 121. The van der Waals surface area contributed by atoms with Gasteiger partial charge in [0.2, 0.25) is 0 Å². The van der Waals surface area contributed by atoms with Crippen molar-refractivity contribution >= 4 is 0 Å². The summed E-state index contributed by atoms with van der Waals surface area (Å²) in [6, 6.07) is 0. The molecule has 10 rings (SSSR count). The van der Waals surface area contributed by atoms with Crippen LogP contribution in [0.1, 0.15) is 107 Å². The van der Waals surface area contributed by atoms with Crippen molar-refractivity contribution in [1.82, 2.24) is 0 Å². The number of aliphatic hydroxyl groups is 11. The summed E-state index contributed by atoms with van der Waals surface area (Å²) in [5.74, 6) is -0.230. The molecule has 10 fully saturated rings. The predicted octanol–water partition coefficient (Wildman–Crippen LogP) is -0.542. The number of hydrogen-bond donors (Lipinski definition) is 11. The minimum Gasteiger partial charge on any atom is -0.394 e. The Hall–Kier alpha value is -1.10. The lowest BCUT2D eigenvalue weighted by atomic mass is 9.35. The van der Waals surface area contributed by atoms with Gasteiger partial charge in [-0.1, -0.05) is 39.3 Å². The molecule has 0 amide bonds. The molecule has 21 heteroatoms. The van der Waals surface area contributed by atoms with Gasteiger partial charge in [0.1, 0.15) is 79.4 Å². The Bertz CT molecular complexity index is 2010. The van der Waals surface area contributed by atoms with Gasteiger partial charge in [0.25, 0.3) is 0 Å². The largest absolute Gasteiger partial charge is 0.394 e. The van der Waals surface area contributed by atoms with E-state index in [-0.39, 0.29) is 46.7 Å².